The van der Waals surface area contributed by atoms with E-state index in [-0.39, 0.29) is 5.56 Å². The van der Waals surface area contributed by atoms with Crippen molar-refractivity contribution in [2.45, 2.75) is 13.3 Å². The Hall–Kier alpha value is -2.75. The van der Waals surface area contributed by atoms with Crippen molar-refractivity contribution in [3.8, 4) is 22.6 Å². The third-order valence-electron chi connectivity index (χ3n) is 3.35. The molecule has 0 aliphatic carbocycles. The molecule has 21 heavy (non-hydrogen) atoms. The van der Waals surface area contributed by atoms with E-state index in [1.807, 2.05) is 42.6 Å². The van der Waals surface area contributed by atoms with Crippen LogP contribution in [0.2, 0.25) is 0 Å². The second kappa shape index (κ2) is 5.71. The van der Waals surface area contributed by atoms with Gasteiger partial charge in [-0.05, 0) is 18.1 Å². The van der Waals surface area contributed by atoms with Gasteiger partial charge in [-0.3, -0.25) is 9.78 Å². The Balaban J connectivity index is 2.17. The standard InChI is InChI=1S/C17H15N3O/c1-2-12-11-18-9-8-14(12)17-19-15(10-16(21)20-17)13-6-4-3-5-7-13/h3-11H,2H2,1H3,(H,19,20,21). The number of pyridine rings is 1. The van der Waals surface area contributed by atoms with Crippen molar-refractivity contribution >= 4 is 0 Å². The molecule has 3 rings (SSSR count). The fourth-order valence-electron chi connectivity index (χ4n) is 2.28. The average Bonchev–Trinajstić information content (AvgIpc) is 2.55. The van der Waals surface area contributed by atoms with Crippen molar-refractivity contribution in [2.24, 2.45) is 0 Å². The molecule has 0 amide bonds. The first-order valence-electron chi connectivity index (χ1n) is 6.88. The molecule has 2 aromatic heterocycles. The molecule has 0 aliphatic rings. The SMILES string of the molecule is CCc1cnccc1-c1nc(-c2ccccc2)cc(=O)[nH]1. The lowest BCUT2D eigenvalue weighted by atomic mass is 10.1. The van der Waals surface area contributed by atoms with Crippen LogP contribution in [0.1, 0.15) is 12.5 Å². The Morgan fingerprint density at radius 1 is 1.14 bits per heavy atom. The van der Waals surface area contributed by atoms with Gasteiger partial charge >= 0.3 is 0 Å². The molecule has 1 N–H and O–H groups in total. The fraction of sp³-hybridized carbons (Fsp3) is 0.118. The molecule has 4 heteroatoms. The minimum Gasteiger partial charge on any atom is -0.306 e. The van der Waals surface area contributed by atoms with E-state index < -0.39 is 0 Å². The van der Waals surface area contributed by atoms with Crippen LogP contribution in [0.5, 0.6) is 0 Å². The minimum absolute atomic E-state index is 0.155. The lowest BCUT2D eigenvalue weighted by molar-refractivity contribution is 1.07. The third-order valence-corrected chi connectivity index (χ3v) is 3.35. The van der Waals surface area contributed by atoms with Gasteiger partial charge in [0.15, 0.2) is 0 Å². The van der Waals surface area contributed by atoms with E-state index in [0.29, 0.717) is 11.5 Å². The van der Waals surface area contributed by atoms with Gasteiger partial charge in [-0.25, -0.2) is 4.98 Å². The molecule has 0 fully saturated rings. The van der Waals surface area contributed by atoms with Crippen molar-refractivity contribution in [2.75, 3.05) is 0 Å². The second-order valence-electron chi connectivity index (χ2n) is 4.73. The van der Waals surface area contributed by atoms with E-state index >= 15 is 0 Å². The van der Waals surface area contributed by atoms with Crippen molar-refractivity contribution in [3.05, 3.63) is 70.8 Å². The molecule has 0 saturated carbocycles. The number of aryl methyl sites for hydroxylation is 1. The van der Waals surface area contributed by atoms with Gasteiger partial charge in [0.1, 0.15) is 5.82 Å². The third kappa shape index (κ3) is 2.74. The summed E-state index contributed by atoms with van der Waals surface area (Å²) in [5.41, 5.74) is 3.43. The molecular weight excluding hydrogens is 262 g/mol. The van der Waals surface area contributed by atoms with Gasteiger partial charge in [0.2, 0.25) is 0 Å². The molecule has 0 radical (unpaired) electrons. The first-order valence-corrected chi connectivity index (χ1v) is 6.88. The van der Waals surface area contributed by atoms with Gasteiger partial charge in [0.05, 0.1) is 5.69 Å². The van der Waals surface area contributed by atoms with E-state index in [1.54, 1.807) is 6.20 Å². The number of benzene rings is 1. The summed E-state index contributed by atoms with van der Waals surface area (Å²) in [6.45, 7) is 2.06. The Morgan fingerprint density at radius 3 is 2.71 bits per heavy atom. The molecule has 0 saturated heterocycles. The number of aromatic nitrogens is 3. The number of nitrogens with zero attached hydrogens (tertiary/aromatic N) is 2. The van der Waals surface area contributed by atoms with Crippen LogP contribution in [0, 0.1) is 0 Å². The molecule has 0 aliphatic heterocycles. The fourth-order valence-corrected chi connectivity index (χ4v) is 2.28. The predicted molar refractivity (Wildman–Crippen MR) is 82.9 cm³/mol. The maximum absolute atomic E-state index is 11.9. The number of hydrogen-bond acceptors (Lipinski definition) is 3. The summed E-state index contributed by atoms with van der Waals surface area (Å²) >= 11 is 0. The zero-order valence-corrected chi connectivity index (χ0v) is 11.7. The summed E-state index contributed by atoms with van der Waals surface area (Å²) in [4.78, 5) is 23.5. The predicted octanol–water partition coefficient (Wildman–Crippen LogP) is 3.06. The van der Waals surface area contributed by atoms with Crippen molar-refractivity contribution in [3.63, 3.8) is 0 Å². The number of nitrogens with one attached hydrogen (secondary N) is 1. The van der Waals surface area contributed by atoms with Crippen LogP contribution in [-0.2, 0) is 6.42 Å². The summed E-state index contributed by atoms with van der Waals surface area (Å²) in [6.07, 6.45) is 4.36. The van der Waals surface area contributed by atoms with Gasteiger partial charge in [-0.1, -0.05) is 37.3 Å². The molecular formula is C17H15N3O. The van der Waals surface area contributed by atoms with Gasteiger partial charge in [0.25, 0.3) is 5.56 Å². The molecule has 0 atom stereocenters. The first kappa shape index (κ1) is 13.2. The van der Waals surface area contributed by atoms with Crippen LogP contribution >= 0.6 is 0 Å². The Morgan fingerprint density at radius 2 is 1.95 bits per heavy atom. The summed E-state index contributed by atoms with van der Waals surface area (Å²) < 4.78 is 0. The minimum atomic E-state index is -0.155. The summed E-state index contributed by atoms with van der Waals surface area (Å²) in [5.74, 6) is 0.584. The maximum Gasteiger partial charge on any atom is 0.251 e. The first-order chi connectivity index (χ1) is 10.3. The zero-order valence-electron chi connectivity index (χ0n) is 11.7. The number of H-pyrrole nitrogens is 1. The number of hydrogen-bond donors (Lipinski definition) is 1. The van der Waals surface area contributed by atoms with Crippen LogP contribution in [-0.4, -0.2) is 15.0 Å². The molecule has 0 bridgehead atoms. The van der Waals surface area contributed by atoms with Crippen LogP contribution in [0.3, 0.4) is 0 Å². The molecule has 2 heterocycles. The molecule has 0 spiro atoms. The lowest BCUT2D eigenvalue weighted by Crippen LogP contribution is -2.09. The van der Waals surface area contributed by atoms with Crippen LogP contribution in [0.25, 0.3) is 22.6 Å². The molecule has 104 valence electrons. The Bertz CT molecular complexity index is 810. The summed E-state index contributed by atoms with van der Waals surface area (Å²) in [6, 6.07) is 13.1. The second-order valence-corrected chi connectivity index (χ2v) is 4.73. The molecule has 1 aromatic carbocycles. The maximum atomic E-state index is 11.9. The lowest BCUT2D eigenvalue weighted by Gasteiger charge is -2.08. The average molecular weight is 277 g/mol. The normalized spacial score (nSPS) is 10.5. The summed E-state index contributed by atoms with van der Waals surface area (Å²) in [5, 5.41) is 0. The van der Waals surface area contributed by atoms with Gasteiger partial charge < -0.3 is 4.98 Å². The molecule has 4 nitrogen and oxygen atoms in total. The summed E-state index contributed by atoms with van der Waals surface area (Å²) in [7, 11) is 0. The van der Waals surface area contributed by atoms with Gasteiger partial charge in [0, 0.05) is 29.6 Å². The molecule has 0 unspecified atom stereocenters. The topological polar surface area (TPSA) is 58.6 Å². The number of aromatic amines is 1. The van der Waals surface area contributed by atoms with Gasteiger partial charge in [-0.2, -0.15) is 0 Å². The largest absolute Gasteiger partial charge is 0.306 e. The number of rotatable bonds is 3. The van der Waals surface area contributed by atoms with Gasteiger partial charge in [-0.15, -0.1) is 0 Å². The van der Waals surface area contributed by atoms with E-state index in [4.69, 9.17) is 0 Å². The monoisotopic (exact) mass is 277 g/mol. The highest BCUT2D eigenvalue weighted by Gasteiger charge is 2.09. The van der Waals surface area contributed by atoms with Crippen LogP contribution in [0.4, 0.5) is 0 Å². The highest BCUT2D eigenvalue weighted by atomic mass is 16.1. The van der Waals surface area contributed by atoms with Crippen molar-refractivity contribution in [1.29, 1.82) is 0 Å². The Labute approximate surface area is 122 Å². The molecule has 3 aromatic rings. The van der Waals surface area contributed by atoms with Crippen molar-refractivity contribution in [1.82, 2.24) is 15.0 Å². The van der Waals surface area contributed by atoms with E-state index in [9.17, 15) is 4.79 Å². The van der Waals surface area contributed by atoms with E-state index in [0.717, 1.165) is 23.1 Å². The van der Waals surface area contributed by atoms with E-state index in [1.165, 1.54) is 6.07 Å². The highest BCUT2D eigenvalue weighted by Crippen LogP contribution is 2.22. The van der Waals surface area contributed by atoms with Crippen LogP contribution in [0.15, 0.2) is 59.7 Å². The Kier molecular flexibility index (Phi) is 3.60. The zero-order chi connectivity index (χ0) is 14.7. The highest BCUT2D eigenvalue weighted by molar-refractivity contribution is 5.64. The smallest absolute Gasteiger partial charge is 0.251 e. The van der Waals surface area contributed by atoms with Crippen molar-refractivity contribution < 1.29 is 0 Å². The van der Waals surface area contributed by atoms with Crippen LogP contribution < -0.4 is 5.56 Å². The van der Waals surface area contributed by atoms with E-state index in [2.05, 4.69) is 21.9 Å². The quantitative estimate of drug-likeness (QED) is 0.800.